The number of carbonyl (C=O) groups excluding carboxylic acids is 2. The standard InChI is InChI=1S/C15H26N4O2/c20-14-4-3-13(16-14)15(21)19-11-9-18(10-12-19)8-7-17-5-1-2-6-17/h13H,1-12H2,(H,16,20). The maximum absolute atomic E-state index is 12.3. The minimum Gasteiger partial charge on any atom is -0.344 e. The van der Waals surface area contributed by atoms with Gasteiger partial charge in [-0.05, 0) is 32.4 Å². The molecule has 21 heavy (non-hydrogen) atoms. The molecule has 1 unspecified atom stereocenters. The molecule has 3 saturated heterocycles. The van der Waals surface area contributed by atoms with E-state index in [1.54, 1.807) is 0 Å². The number of likely N-dealkylation sites (tertiary alicyclic amines) is 1. The quantitative estimate of drug-likeness (QED) is 0.760. The Morgan fingerprint density at radius 1 is 1.00 bits per heavy atom. The van der Waals surface area contributed by atoms with Crippen molar-refractivity contribution < 1.29 is 9.59 Å². The first-order chi connectivity index (χ1) is 10.2. The fourth-order valence-electron chi connectivity index (χ4n) is 3.50. The zero-order chi connectivity index (χ0) is 14.7. The van der Waals surface area contributed by atoms with E-state index in [1.807, 2.05) is 4.90 Å². The Kier molecular flexibility index (Phi) is 4.75. The molecule has 3 aliphatic heterocycles. The lowest BCUT2D eigenvalue weighted by atomic mass is 10.2. The van der Waals surface area contributed by atoms with Crippen molar-refractivity contribution in [3.63, 3.8) is 0 Å². The molecule has 3 heterocycles. The van der Waals surface area contributed by atoms with Crippen molar-refractivity contribution in [2.75, 3.05) is 52.4 Å². The highest BCUT2D eigenvalue weighted by Crippen LogP contribution is 2.12. The van der Waals surface area contributed by atoms with Gasteiger partial charge in [0.05, 0.1) is 0 Å². The minimum atomic E-state index is -0.270. The first-order valence-electron chi connectivity index (χ1n) is 8.25. The number of carbonyl (C=O) groups is 2. The summed E-state index contributed by atoms with van der Waals surface area (Å²) in [5.74, 6) is 0.123. The van der Waals surface area contributed by atoms with Crippen molar-refractivity contribution in [1.82, 2.24) is 20.0 Å². The maximum atomic E-state index is 12.3. The molecule has 1 atom stereocenters. The summed E-state index contributed by atoms with van der Waals surface area (Å²) in [6.07, 6.45) is 3.84. The van der Waals surface area contributed by atoms with Gasteiger partial charge in [-0.15, -0.1) is 0 Å². The van der Waals surface area contributed by atoms with Crippen LogP contribution in [0.3, 0.4) is 0 Å². The van der Waals surface area contributed by atoms with Crippen LogP contribution in [0.4, 0.5) is 0 Å². The fraction of sp³-hybridized carbons (Fsp3) is 0.867. The molecule has 3 rings (SSSR count). The molecule has 3 aliphatic rings. The third kappa shape index (κ3) is 3.74. The van der Waals surface area contributed by atoms with Crippen LogP contribution >= 0.6 is 0 Å². The highest BCUT2D eigenvalue weighted by Gasteiger charge is 2.32. The van der Waals surface area contributed by atoms with E-state index in [1.165, 1.54) is 25.9 Å². The van der Waals surface area contributed by atoms with Crippen LogP contribution < -0.4 is 5.32 Å². The Morgan fingerprint density at radius 3 is 2.19 bits per heavy atom. The summed E-state index contributed by atoms with van der Waals surface area (Å²) >= 11 is 0. The topological polar surface area (TPSA) is 55.9 Å². The van der Waals surface area contributed by atoms with E-state index < -0.39 is 0 Å². The molecule has 0 aromatic heterocycles. The third-order valence-electron chi connectivity index (χ3n) is 4.91. The third-order valence-corrected chi connectivity index (χ3v) is 4.91. The molecule has 6 heteroatoms. The molecule has 1 N–H and O–H groups in total. The molecule has 2 amide bonds. The van der Waals surface area contributed by atoms with Crippen molar-refractivity contribution in [2.45, 2.75) is 31.7 Å². The van der Waals surface area contributed by atoms with Gasteiger partial charge in [0.25, 0.3) is 0 Å². The molecule has 0 aromatic rings. The Balaban J connectivity index is 1.38. The van der Waals surface area contributed by atoms with E-state index in [9.17, 15) is 9.59 Å². The predicted octanol–water partition coefficient (Wildman–Crippen LogP) is -0.495. The second-order valence-corrected chi connectivity index (χ2v) is 6.37. The Morgan fingerprint density at radius 2 is 1.62 bits per heavy atom. The van der Waals surface area contributed by atoms with E-state index in [4.69, 9.17) is 0 Å². The Hall–Kier alpha value is -1.14. The van der Waals surface area contributed by atoms with Crippen molar-refractivity contribution >= 4 is 11.8 Å². The molecule has 0 aliphatic carbocycles. The van der Waals surface area contributed by atoms with Gasteiger partial charge < -0.3 is 15.1 Å². The summed E-state index contributed by atoms with van der Waals surface area (Å²) in [6, 6.07) is -0.270. The Labute approximate surface area is 126 Å². The van der Waals surface area contributed by atoms with E-state index in [0.717, 1.165) is 39.3 Å². The van der Waals surface area contributed by atoms with Crippen molar-refractivity contribution in [1.29, 1.82) is 0 Å². The number of nitrogens with zero attached hydrogens (tertiary/aromatic N) is 3. The second-order valence-electron chi connectivity index (χ2n) is 6.37. The average Bonchev–Trinajstić information content (AvgIpc) is 3.16. The highest BCUT2D eigenvalue weighted by atomic mass is 16.2. The monoisotopic (exact) mass is 294 g/mol. The van der Waals surface area contributed by atoms with Gasteiger partial charge in [-0.1, -0.05) is 0 Å². The van der Waals surface area contributed by atoms with Crippen molar-refractivity contribution in [3.05, 3.63) is 0 Å². The van der Waals surface area contributed by atoms with Gasteiger partial charge in [0.1, 0.15) is 6.04 Å². The molecular formula is C15H26N4O2. The zero-order valence-electron chi connectivity index (χ0n) is 12.7. The van der Waals surface area contributed by atoms with Gasteiger partial charge in [-0.3, -0.25) is 14.5 Å². The fourth-order valence-corrected chi connectivity index (χ4v) is 3.50. The van der Waals surface area contributed by atoms with Crippen LogP contribution in [0.2, 0.25) is 0 Å². The molecule has 6 nitrogen and oxygen atoms in total. The number of piperazine rings is 1. The van der Waals surface area contributed by atoms with E-state index in [-0.39, 0.29) is 17.9 Å². The minimum absolute atomic E-state index is 0.0117. The molecule has 0 spiro atoms. The maximum Gasteiger partial charge on any atom is 0.245 e. The van der Waals surface area contributed by atoms with Crippen LogP contribution in [0.25, 0.3) is 0 Å². The molecule has 0 aromatic carbocycles. The van der Waals surface area contributed by atoms with Crippen LogP contribution in [0.15, 0.2) is 0 Å². The van der Waals surface area contributed by atoms with Gasteiger partial charge in [0.2, 0.25) is 11.8 Å². The highest BCUT2D eigenvalue weighted by molar-refractivity contribution is 5.90. The molecule has 118 valence electrons. The van der Waals surface area contributed by atoms with Crippen LogP contribution in [0, 0.1) is 0 Å². The molecule has 0 radical (unpaired) electrons. The molecule has 0 saturated carbocycles. The van der Waals surface area contributed by atoms with Crippen LogP contribution in [0.5, 0.6) is 0 Å². The number of hydrogen-bond acceptors (Lipinski definition) is 4. The summed E-state index contributed by atoms with van der Waals surface area (Å²) in [6.45, 7) is 8.28. The van der Waals surface area contributed by atoms with Gasteiger partial charge in [0, 0.05) is 45.7 Å². The van der Waals surface area contributed by atoms with Crippen LogP contribution in [-0.2, 0) is 9.59 Å². The SMILES string of the molecule is O=C1CCC(C(=O)N2CCN(CCN3CCCC3)CC2)N1. The first kappa shape index (κ1) is 14.8. The summed E-state index contributed by atoms with van der Waals surface area (Å²) in [5, 5.41) is 2.77. The first-order valence-corrected chi connectivity index (χ1v) is 8.25. The lowest BCUT2D eigenvalue weighted by Gasteiger charge is -2.36. The van der Waals surface area contributed by atoms with E-state index >= 15 is 0 Å². The smallest absolute Gasteiger partial charge is 0.245 e. The lowest BCUT2D eigenvalue weighted by Crippen LogP contribution is -2.54. The lowest BCUT2D eigenvalue weighted by molar-refractivity contribution is -0.136. The predicted molar refractivity (Wildman–Crippen MR) is 79.9 cm³/mol. The van der Waals surface area contributed by atoms with Crippen molar-refractivity contribution in [3.8, 4) is 0 Å². The zero-order valence-corrected chi connectivity index (χ0v) is 12.7. The van der Waals surface area contributed by atoms with Crippen LogP contribution in [0.1, 0.15) is 25.7 Å². The number of amides is 2. The van der Waals surface area contributed by atoms with E-state index in [0.29, 0.717) is 12.8 Å². The average molecular weight is 294 g/mol. The normalized spacial score (nSPS) is 28.1. The van der Waals surface area contributed by atoms with E-state index in [2.05, 4.69) is 15.1 Å². The van der Waals surface area contributed by atoms with Gasteiger partial charge >= 0.3 is 0 Å². The summed E-state index contributed by atoms with van der Waals surface area (Å²) in [4.78, 5) is 30.4. The largest absolute Gasteiger partial charge is 0.344 e. The molecule has 0 bridgehead atoms. The summed E-state index contributed by atoms with van der Waals surface area (Å²) in [7, 11) is 0. The van der Waals surface area contributed by atoms with Gasteiger partial charge in [-0.2, -0.15) is 0 Å². The van der Waals surface area contributed by atoms with Crippen molar-refractivity contribution in [2.24, 2.45) is 0 Å². The number of nitrogens with one attached hydrogen (secondary N) is 1. The summed E-state index contributed by atoms with van der Waals surface area (Å²) < 4.78 is 0. The van der Waals surface area contributed by atoms with Crippen LogP contribution in [-0.4, -0.2) is 84.9 Å². The Bertz CT molecular complexity index is 387. The number of rotatable bonds is 4. The molecular weight excluding hydrogens is 268 g/mol. The summed E-state index contributed by atoms with van der Waals surface area (Å²) in [5.41, 5.74) is 0. The molecule has 3 fully saturated rings. The van der Waals surface area contributed by atoms with Gasteiger partial charge in [-0.25, -0.2) is 0 Å². The van der Waals surface area contributed by atoms with Gasteiger partial charge in [0.15, 0.2) is 0 Å². The number of hydrogen-bond donors (Lipinski definition) is 1. The second kappa shape index (κ2) is 6.75.